The monoisotopic (exact) mass is 270 g/mol. The van der Waals surface area contributed by atoms with E-state index < -0.39 is 0 Å². The Hall–Kier alpha value is -2.04. The van der Waals surface area contributed by atoms with E-state index in [1.54, 1.807) is 0 Å². The van der Waals surface area contributed by atoms with Gasteiger partial charge in [0.1, 0.15) is 0 Å². The van der Waals surface area contributed by atoms with Crippen molar-refractivity contribution in [3.05, 3.63) is 59.7 Å². The van der Waals surface area contributed by atoms with Crippen molar-refractivity contribution in [2.45, 2.75) is 13.1 Å². The third-order valence-corrected chi connectivity index (χ3v) is 3.10. The molecule has 4 nitrogen and oxygen atoms in total. The van der Waals surface area contributed by atoms with Crippen LogP contribution < -0.4 is 22.1 Å². The van der Waals surface area contributed by atoms with Gasteiger partial charge in [-0.15, -0.1) is 0 Å². The quantitative estimate of drug-likeness (QED) is 0.456. The van der Waals surface area contributed by atoms with Crippen LogP contribution in [0.1, 0.15) is 11.1 Å². The van der Waals surface area contributed by atoms with Crippen LogP contribution in [-0.4, -0.2) is 13.1 Å². The second-order valence-corrected chi connectivity index (χ2v) is 4.84. The van der Waals surface area contributed by atoms with E-state index in [1.165, 1.54) is 11.1 Å². The molecule has 0 aliphatic carbocycles. The summed E-state index contributed by atoms with van der Waals surface area (Å²) in [5, 5.41) is 6.79. The molecule has 0 saturated carbocycles. The van der Waals surface area contributed by atoms with Crippen molar-refractivity contribution in [2.24, 2.45) is 0 Å². The molecule has 0 heterocycles. The summed E-state index contributed by atoms with van der Waals surface area (Å²) in [7, 11) is 0. The van der Waals surface area contributed by atoms with Crippen molar-refractivity contribution in [1.29, 1.82) is 0 Å². The number of nitrogens with one attached hydrogen (secondary N) is 2. The number of nitrogens with two attached hydrogens (primary N) is 2. The lowest BCUT2D eigenvalue weighted by Gasteiger charge is -2.07. The lowest BCUT2D eigenvalue weighted by Crippen LogP contribution is -2.26. The smallest absolute Gasteiger partial charge is 0.0314 e. The minimum Gasteiger partial charge on any atom is -0.399 e. The summed E-state index contributed by atoms with van der Waals surface area (Å²) in [6.07, 6.45) is 0. The van der Waals surface area contributed by atoms with Gasteiger partial charge < -0.3 is 22.1 Å². The van der Waals surface area contributed by atoms with Gasteiger partial charge in [0.25, 0.3) is 0 Å². The molecular weight excluding hydrogens is 248 g/mol. The standard InChI is InChI=1S/C16H22N4/c17-15-5-1-13(2-6-15)11-19-9-10-20-12-14-3-7-16(18)8-4-14/h1-8,19-20H,9-12,17-18H2. The van der Waals surface area contributed by atoms with E-state index in [2.05, 4.69) is 10.6 Å². The van der Waals surface area contributed by atoms with Gasteiger partial charge in [-0.25, -0.2) is 0 Å². The maximum Gasteiger partial charge on any atom is 0.0314 e. The Balaban J connectivity index is 1.57. The van der Waals surface area contributed by atoms with Crippen molar-refractivity contribution in [2.75, 3.05) is 24.6 Å². The number of benzene rings is 2. The number of hydrogen-bond donors (Lipinski definition) is 4. The van der Waals surface area contributed by atoms with Crippen molar-refractivity contribution < 1.29 is 0 Å². The zero-order valence-corrected chi connectivity index (χ0v) is 11.6. The van der Waals surface area contributed by atoms with Crippen LogP contribution in [0.4, 0.5) is 11.4 Å². The maximum atomic E-state index is 5.65. The van der Waals surface area contributed by atoms with E-state index in [4.69, 9.17) is 11.5 Å². The predicted molar refractivity (Wildman–Crippen MR) is 85.1 cm³/mol. The van der Waals surface area contributed by atoms with E-state index in [0.29, 0.717) is 0 Å². The number of hydrogen-bond acceptors (Lipinski definition) is 4. The molecule has 20 heavy (non-hydrogen) atoms. The summed E-state index contributed by atoms with van der Waals surface area (Å²) >= 11 is 0. The highest BCUT2D eigenvalue weighted by Crippen LogP contribution is 2.05. The SMILES string of the molecule is Nc1ccc(CNCCNCc2ccc(N)cc2)cc1. The minimum atomic E-state index is 0.805. The average Bonchev–Trinajstić information content (AvgIpc) is 2.46. The first-order chi connectivity index (χ1) is 9.74. The van der Waals surface area contributed by atoms with Gasteiger partial charge in [0.15, 0.2) is 0 Å². The predicted octanol–water partition coefficient (Wildman–Crippen LogP) is 1.73. The Morgan fingerprint density at radius 1 is 0.600 bits per heavy atom. The second-order valence-electron chi connectivity index (χ2n) is 4.84. The Kier molecular flexibility index (Phi) is 5.41. The fraction of sp³-hybridized carbons (Fsp3) is 0.250. The van der Waals surface area contributed by atoms with Gasteiger partial charge in [-0.2, -0.15) is 0 Å². The van der Waals surface area contributed by atoms with Crippen LogP contribution in [0.2, 0.25) is 0 Å². The normalized spacial score (nSPS) is 10.6. The van der Waals surface area contributed by atoms with Crippen LogP contribution >= 0.6 is 0 Å². The second kappa shape index (κ2) is 7.53. The lowest BCUT2D eigenvalue weighted by atomic mass is 10.2. The summed E-state index contributed by atoms with van der Waals surface area (Å²) in [6.45, 7) is 3.59. The lowest BCUT2D eigenvalue weighted by molar-refractivity contribution is 0.611. The van der Waals surface area contributed by atoms with E-state index in [-0.39, 0.29) is 0 Å². The third kappa shape index (κ3) is 4.91. The largest absolute Gasteiger partial charge is 0.399 e. The molecule has 4 heteroatoms. The van der Waals surface area contributed by atoms with Crippen molar-refractivity contribution in [1.82, 2.24) is 10.6 Å². The molecule has 0 atom stereocenters. The molecule has 0 fully saturated rings. The van der Waals surface area contributed by atoms with Crippen LogP contribution in [0.25, 0.3) is 0 Å². The van der Waals surface area contributed by atoms with E-state index in [1.807, 2.05) is 48.5 Å². The maximum absolute atomic E-state index is 5.65. The first-order valence-corrected chi connectivity index (χ1v) is 6.84. The van der Waals surface area contributed by atoms with Gasteiger partial charge in [-0.3, -0.25) is 0 Å². The molecule has 0 amide bonds. The fourth-order valence-corrected chi connectivity index (χ4v) is 1.91. The first-order valence-electron chi connectivity index (χ1n) is 6.84. The molecule has 0 bridgehead atoms. The third-order valence-electron chi connectivity index (χ3n) is 3.10. The topological polar surface area (TPSA) is 76.1 Å². The molecule has 2 aromatic rings. The molecule has 0 aromatic heterocycles. The molecule has 0 radical (unpaired) electrons. The fourth-order valence-electron chi connectivity index (χ4n) is 1.91. The van der Waals surface area contributed by atoms with E-state index in [9.17, 15) is 0 Å². The highest BCUT2D eigenvalue weighted by atomic mass is 14.9. The van der Waals surface area contributed by atoms with Crippen LogP contribution in [-0.2, 0) is 13.1 Å². The van der Waals surface area contributed by atoms with E-state index >= 15 is 0 Å². The molecule has 0 aliphatic rings. The van der Waals surface area contributed by atoms with Crippen LogP contribution in [0, 0.1) is 0 Å². The number of nitrogen functional groups attached to an aromatic ring is 2. The molecule has 2 rings (SSSR count). The molecule has 0 spiro atoms. The van der Waals surface area contributed by atoms with Crippen LogP contribution in [0.15, 0.2) is 48.5 Å². The Morgan fingerprint density at radius 3 is 1.30 bits per heavy atom. The van der Waals surface area contributed by atoms with Crippen LogP contribution in [0.3, 0.4) is 0 Å². The first kappa shape index (κ1) is 14.4. The molecule has 0 unspecified atom stereocenters. The van der Waals surface area contributed by atoms with E-state index in [0.717, 1.165) is 37.6 Å². The van der Waals surface area contributed by atoms with Gasteiger partial charge in [0.2, 0.25) is 0 Å². The summed E-state index contributed by atoms with van der Waals surface area (Å²) in [4.78, 5) is 0. The van der Waals surface area contributed by atoms with Crippen molar-refractivity contribution >= 4 is 11.4 Å². The Bertz CT molecular complexity index is 456. The summed E-state index contributed by atoms with van der Waals surface area (Å²) in [5.41, 5.74) is 15.4. The van der Waals surface area contributed by atoms with Gasteiger partial charge in [0.05, 0.1) is 0 Å². The molecule has 0 aliphatic heterocycles. The van der Waals surface area contributed by atoms with Crippen LogP contribution in [0.5, 0.6) is 0 Å². The zero-order valence-electron chi connectivity index (χ0n) is 11.6. The molecule has 2 aromatic carbocycles. The average molecular weight is 270 g/mol. The molecule has 6 N–H and O–H groups in total. The van der Waals surface area contributed by atoms with Gasteiger partial charge >= 0.3 is 0 Å². The number of anilines is 2. The summed E-state index contributed by atoms with van der Waals surface area (Å²) in [6, 6.07) is 15.9. The Morgan fingerprint density at radius 2 is 0.950 bits per heavy atom. The molecule has 106 valence electrons. The molecular formula is C16H22N4. The zero-order chi connectivity index (χ0) is 14.2. The van der Waals surface area contributed by atoms with Gasteiger partial charge in [0, 0.05) is 37.6 Å². The summed E-state index contributed by atoms with van der Waals surface area (Å²) in [5.74, 6) is 0. The van der Waals surface area contributed by atoms with Crippen molar-refractivity contribution in [3.8, 4) is 0 Å². The van der Waals surface area contributed by atoms with Crippen molar-refractivity contribution in [3.63, 3.8) is 0 Å². The van der Waals surface area contributed by atoms with Gasteiger partial charge in [-0.05, 0) is 35.4 Å². The number of rotatable bonds is 7. The van der Waals surface area contributed by atoms with Gasteiger partial charge in [-0.1, -0.05) is 24.3 Å². The highest BCUT2D eigenvalue weighted by Gasteiger charge is 1.94. The Labute approximate surface area is 120 Å². The molecule has 0 saturated heterocycles. The highest BCUT2D eigenvalue weighted by molar-refractivity contribution is 5.39. The summed E-state index contributed by atoms with van der Waals surface area (Å²) < 4.78 is 0. The minimum absolute atomic E-state index is 0.805.